The Bertz CT molecular complexity index is 694. The molecule has 0 fully saturated rings. The number of nitrogens with zero attached hydrogens (tertiary/aromatic N) is 3. The number of hydrogen-bond donors (Lipinski definition) is 1. The van der Waals surface area contributed by atoms with Gasteiger partial charge in [0, 0.05) is 19.8 Å². The molecule has 0 saturated heterocycles. The highest BCUT2D eigenvalue weighted by Gasteiger charge is 2.14. The molecule has 0 atom stereocenters. The van der Waals surface area contributed by atoms with E-state index in [0.29, 0.717) is 33.9 Å². The van der Waals surface area contributed by atoms with Crippen LogP contribution in [0.15, 0.2) is 30.5 Å². The first kappa shape index (κ1) is 17.5. The fraction of sp³-hybridized carbons (Fsp3) is 0.312. The van der Waals surface area contributed by atoms with E-state index in [-0.39, 0.29) is 5.91 Å². The maximum Gasteiger partial charge on any atom is 0.272 e. The summed E-state index contributed by atoms with van der Waals surface area (Å²) in [7, 11) is 1.76. The minimum Gasteiger partial charge on any atom is -0.340 e. The van der Waals surface area contributed by atoms with E-state index in [1.807, 2.05) is 0 Å². The summed E-state index contributed by atoms with van der Waals surface area (Å²) in [5.74, 6) is 0.157. The lowest BCUT2D eigenvalue weighted by Crippen LogP contribution is -2.28. The molecule has 0 aliphatic heterocycles. The van der Waals surface area contributed by atoms with E-state index in [2.05, 4.69) is 22.2 Å². The van der Waals surface area contributed by atoms with Crippen LogP contribution in [0.3, 0.4) is 0 Å². The van der Waals surface area contributed by atoms with Crippen molar-refractivity contribution >= 4 is 40.7 Å². The number of hydrogen-bond acceptors (Lipinski definition) is 4. The Kier molecular flexibility index (Phi) is 6.19. The highest BCUT2D eigenvalue weighted by Crippen LogP contribution is 2.30. The molecule has 1 aromatic heterocycles. The molecule has 23 heavy (non-hydrogen) atoms. The van der Waals surface area contributed by atoms with Crippen LogP contribution in [-0.4, -0.2) is 34.4 Å². The smallest absolute Gasteiger partial charge is 0.272 e. The second kappa shape index (κ2) is 8.13. The number of aromatic nitrogens is 2. The number of halogens is 2. The van der Waals surface area contributed by atoms with Gasteiger partial charge in [0.1, 0.15) is 5.69 Å². The van der Waals surface area contributed by atoms with Crippen LogP contribution in [0, 0.1) is 0 Å². The quantitative estimate of drug-likeness (QED) is 0.836. The van der Waals surface area contributed by atoms with Crippen LogP contribution in [0.1, 0.15) is 30.3 Å². The molecule has 122 valence electrons. The SMILES string of the molecule is CCCCN(C)C(=O)c1ccnc(Nc2cccc(Cl)c2Cl)n1. The van der Waals surface area contributed by atoms with Gasteiger partial charge in [-0.05, 0) is 24.6 Å². The first-order valence-corrected chi connectivity index (χ1v) is 8.08. The highest BCUT2D eigenvalue weighted by atomic mass is 35.5. The average molecular weight is 353 g/mol. The lowest BCUT2D eigenvalue weighted by Gasteiger charge is -2.16. The molecule has 1 N–H and O–H groups in total. The van der Waals surface area contributed by atoms with Gasteiger partial charge in [0.25, 0.3) is 5.91 Å². The highest BCUT2D eigenvalue weighted by molar-refractivity contribution is 6.43. The Morgan fingerprint density at radius 1 is 1.30 bits per heavy atom. The van der Waals surface area contributed by atoms with Gasteiger partial charge in [0.15, 0.2) is 0 Å². The van der Waals surface area contributed by atoms with Crippen LogP contribution < -0.4 is 5.32 Å². The van der Waals surface area contributed by atoms with E-state index in [1.165, 1.54) is 6.20 Å². The third-order valence-corrected chi connectivity index (χ3v) is 4.09. The van der Waals surface area contributed by atoms with E-state index in [4.69, 9.17) is 23.2 Å². The second-order valence-electron chi connectivity index (χ2n) is 5.07. The second-order valence-corrected chi connectivity index (χ2v) is 5.86. The molecule has 2 aromatic rings. The number of rotatable bonds is 6. The van der Waals surface area contributed by atoms with Gasteiger partial charge < -0.3 is 10.2 Å². The first-order valence-electron chi connectivity index (χ1n) is 7.32. The van der Waals surface area contributed by atoms with Gasteiger partial charge in [-0.1, -0.05) is 42.6 Å². The molecular weight excluding hydrogens is 335 g/mol. The minimum absolute atomic E-state index is 0.138. The third-order valence-electron chi connectivity index (χ3n) is 3.27. The van der Waals surface area contributed by atoms with Crippen molar-refractivity contribution in [3.63, 3.8) is 0 Å². The summed E-state index contributed by atoms with van der Waals surface area (Å²) in [5, 5.41) is 3.80. The zero-order valence-electron chi connectivity index (χ0n) is 13.0. The van der Waals surface area contributed by atoms with E-state index >= 15 is 0 Å². The third kappa shape index (κ3) is 4.56. The summed E-state index contributed by atoms with van der Waals surface area (Å²) < 4.78 is 0. The van der Waals surface area contributed by atoms with Gasteiger partial charge in [0.05, 0.1) is 15.7 Å². The predicted octanol–water partition coefficient (Wildman–Crippen LogP) is 4.40. The zero-order chi connectivity index (χ0) is 16.8. The number of benzene rings is 1. The van der Waals surface area contributed by atoms with Crippen molar-refractivity contribution in [2.75, 3.05) is 18.9 Å². The molecule has 0 unspecified atom stereocenters. The van der Waals surface area contributed by atoms with Crippen LogP contribution in [0.25, 0.3) is 0 Å². The normalized spacial score (nSPS) is 10.4. The van der Waals surface area contributed by atoms with Crippen LogP contribution in [0.4, 0.5) is 11.6 Å². The van der Waals surface area contributed by atoms with Gasteiger partial charge >= 0.3 is 0 Å². The summed E-state index contributed by atoms with van der Waals surface area (Å²) in [5.41, 5.74) is 0.919. The lowest BCUT2D eigenvalue weighted by atomic mass is 10.3. The van der Waals surface area contributed by atoms with Crippen molar-refractivity contribution in [1.82, 2.24) is 14.9 Å². The van der Waals surface area contributed by atoms with Crippen molar-refractivity contribution in [1.29, 1.82) is 0 Å². The van der Waals surface area contributed by atoms with Gasteiger partial charge in [-0.15, -0.1) is 0 Å². The summed E-state index contributed by atoms with van der Waals surface area (Å²) in [6, 6.07) is 6.82. The molecule has 0 aliphatic carbocycles. The van der Waals surface area contributed by atoms with E-state index in [9.17, 15) is 4.79 Å². The van der Waals surface area contributed by atoms with Crippen molar-refractivity contribution in [2.24, 2.45) is 0 Å². The summed E-state index contributed by atoms with van der Waals surface area (Å²) in [6.45, 7) is 2.78. The Hall–Kier alpha value is -1.85. The molecule has 1 amide bonds. The van der Waals surface area contributed by atoms with Gasteiger partial charge in [0.2, 0.25) is 5.95 Å². The Labute approximate surface area is 145 Å². The number of nitrogens with one attached hydrogen (secondary N) is 1. The maximum absolute atomic E-state index is 12.3. The van der Waals surface area contributed by atoms with Gasteiger partial charge in [-0.25, -0.2) is 9.97 Å². The van der Waals surface area contributed by atoms with Crippen LogP contribution in [0.2, 0.25) is 10.0 Å². The monoisotopic (exact) mass is 352 g/mol. The summed E-state index contributed by atoms with van der Waals surface area (Å²) in [4.78, 5) is 22.4. The van der Waals surface area contributed by atoms with E-state index in [1.54, 1.807) is 36.2 Å². The van der Waals surface area contributed by atoms with E-state index in [0.717, 1.165) is 12.8 Å². The van der Waals surface area contributed by atoms with Crippen molar-refractivity contribution in [3.8, 4) is 0 Å². The molecule has 0 radical (unpaired) electrons. The Morgan fingerprint density at radius 2 is 2.09 bits per heavy atom. The van der Waals surface area contributed by atoms with Crippen molar-refractivity contribution in [3.05, 3.63) is 46.2 Å². The molecular formula is C16H18Cl2N4O. The Balaban J connectivity index is 2.16. The Morgan fingerprint density at radius 3 is 2.83 bits per heavy atom. The minimum atomic E-state index is -0.138. The predicted molar refractivity (Wildman–Crippen MR) is 93.6 cm³/mol. The molecule has 0 aliphatic rings. The van der Waals surface area contributed by atoms with Crippen LogP contribution in [-0.2, 0) is 0 Å². The first-order chi connectivity index (χ1) is 11.0. The molecule has 0 bridgehead atoms. The number of amides is 1. The summed E-state index contributed by atoms with van der Waals surface area (Å²) >= 11 is 12.1. The van der Waals surface area contributed by atoms with Crippen LogP contribution in [0.5, 0.6) is 0 Å². The standard InChI is InChI=1S/C16H18Cl2N4O/c1-3-4-10-22(2)15(23)13-8-9-19-16(21-13)20-12-7-5-6-11(17)14(12)18/h5-9H,3-4,10H2,1-2H3,(H,19,20,21). The van der Waals surface area contributed by atoms with Crippen molar-refractivity contribution < 1.29 is 4.79 Å². The fourth-order valence-electron chi connectivity index (χ4n) is 1.95. The molecule has 0 saturated carbocycles. The molecule has 1 aromatic carbocycles. The van der Waals surface area contributed by atoms with Gasteiger partial charge in [-0.2, -0.15) is 0 Å². The molecule has 2 rings (SSSR count). The van der Waals surface area contributed by atoms with Crippen LogP contribution >= 0.6 is 23.2 Å². The van der Waals surface area contributed by atoms with Gasteiger partial charge in [-0.3, -0.25) is 4.79 Å². The fourth-order valence-corrected chi connectivity index (χ4v) is 2.30. The number of carbonyl (C=O) groups excluding carboxylic acids is 1. The maximum atomic E-state index is 12.3. The van der Waals surface area contributed by atoms with Crippen molar-refractivity contribution in [2.45, 2.75) is 19.8 Å². The molecule has 1 heterocycles. The molecule has 5 nitrogen and oxygen atoms in total. The molecule has 0 spiro atoms. The average Bonchev–Trinajstić information content (AvgIpc) is 2.56. The lowest BCUT2D eigenvalue weighted by molar-refractivity contribution is 0.0787. The summed E-state index contributed by atoms with van der Waals surface area (Å²) in [6.07, 6.45) is 3.52. The number of anilines is 2. The zero-order valence-corrected chi connectivity index (χ0v) is 14.5. The largest absolute Gasteiger partial charge is 0.340 e. The topological polar surface area (TPSA) is 58.1 Å². The molecule has 7 heteroatoms. The number of unbranched alkanes of at least 4 members (excludes halogenated alkanes) is 1. The number of carbonyl (C=O) groups is 1. The van der Waals surface area contributed by atoms with E-state index < -0.39 is 0 Å².